The second-order valence-electron chi connectivity index (χ2n) is 24.5. The highest BCUT2D eigenvalue weighted by Crippen LogP contribution is 2.21. The highest BCUT2D eigenvalue weighted by molar-refractivity contribution is 7.98. The molecule has 39 heteroatoms. The maximum Gasteiger partial charge on any atom is 0.446 e. The molecule has 0 spiro atoms. The fourth-order valence-corrected chi connectivity index (χ4v) is 11.1. The Morgan fingerprint density at radius 1 is 0.569 bits per heavy atom. The van der Waals surface area contributed by atoms with E-state index in [4.69, 9.17) is 16.0 Å². The van der Waals surface area contributed by atoms with Gasteiger partial charge in [-0.3, -0.25) is 71.7 Å². The Labute approximate surface area is 636 Å². The molecule has 1 aliphatic heterocycles. The minimum atomic E-state index is -5.02. The first-order valence-corrected chi connectivity index (χ1v) is 38.0. The number of H-pyrrole nitrogens is 1. The SMILES string of the molecule is CCNCC.CCNCC.CCNCC.CSCC[C@H](NC(=O)[C@H](Cc1c[nH]c2ccccc12)NC(=O)CNC(=O)C(NC(=O)[C@H](Cc1ccc(OS(=O)(=O)O)cc1)NC(=O)[C@H](CC(=O)O)NC(=O)[C@H](CCC(N)=O)NC(=O)[C@@H]1CCC(=O)N1)[C@@H](C)O)C(=O)N[C@@H](CC(=O)O)C(=O)N[C@@H](Cc1ccccc1)C(N)=O. The van der Waals surface area contributed by atoms with Crippen molar-refractivity contribution in [2.75, 3.05) is 57.8 Å². The van der Waals surface area contributed by atoms with Gasteiger partial charge >= 0.3 is 22.3 Å². The fourth-order valence-electron chi connectivity index (χ4n) is 10.3. The summed E-state index contributed by atoms with van der Waals surface area (Å²) in [6.45, 7) is 19.2. The molecule has 3 aromatic carbocycles. The zero-order valence-electron chi connectivity index (χ0n) is 62.3. The molecule has 5 rings (SSSR count). The van der Waals surface area contributed by atoms with Crippen molar-refractivity contribution in [1.82, 2.24) is 74.1 Å². The Morgan fingerprint density at radius 3 is 1.50 bits per heavy atom. The van der Waals surface area contributed by atoms with Gasteiger partial charge in [0, 0.05) is 49.2 Å². The molecule has 0 saturated carbocycles. The first-order valence-electron chi connectivity index (χ1n) is 35.3. The maximum absolute atomic E-state index is 14.5. The predicted octanol–water partition coefficient (Wildman–Crippen LogP) is -2.67. The van der Waals surface area contributed by atoms with Crippen molar-refractivity contribution < 1.29 is 99.6 Å². The molecule has 604 valence electrons. The zero-order chi connectivity index (χ0) is 81.8. The molecule has 1 saturated heterocycles. The van der Waals surface area contributed by atoms with Crippen molar-refractivity contribution in [3.8, 4) is 5.75 Å². The van der Waals surface area contributed by atoms with Crippen molar-refractivity contribution in [3.05, 3.63) is 102 Å². The Morgan fingerprint density at radius 2 is 1.03 bits per heavy atom. The molecule has 0 radical (unpaired) electrons. The number of aliphatic hydroxyl groups is 1. The summed E-state index contributed by atoms with van der Waals surface area (Å²) in [7, 11) is -5.02. The molecule has 1 aliphatic rings. The van der Waals surface area contributed by atoms with Gasteiger partial charge in [-0.25, -0.2) is 0 Å². The van der Waals surface area contributed by atoms with Crippen molar-refractivity contribution in [2.45, 2.75) is 173 Å². The van der Waals surface area contributed by atoms with E-state index in [1.165, 1.54) is 23.9 Å². The number of carboxylic acid groups (broad SMARTS) is 2. The van der Waals surface area contributed by atoms with Crippen molar-refractivity contribution >= 4 is 116 Å². The van der Waals surface area contributed by atoms with E-state index >= 15 is 0 Å². The van der Waals surface area contributed by atoms with E-state index in [1.54, 1.807) is 67.0 Å². The summed E-state index contributed by atoms with van der Waals surface area (Å²) >= 11 is 1.26. The van der Waals surface area contributed by atoms with Crippen LogP contribution in [0.25, 0.3) is 10.9 Å². The van der Waals surface area contributed by atoms with Gasteiger partial charge < -0.3 is 105 Å². The third-order valence-corrected chi connectivity index (χ3v) is 16.8. The summed E-state index contributed by atoms with van der Waals surface area (Å²) in [4.78, 5) is 188. The molecule has 4 aromatic rings. The number of aliphatic carboxylic acids is 2. The van der Waals surface area contributed by atoms with Gasteiger partial charge in [0.05, 0.1) is 25.5 Å². The summed E-state index contributed by atoms with van der Waals surface area (Å²) in [5.74, 6) is -15.9. The van der Waals surface area contributed by atoms with Crippen LogP contribution in [0.3, 0.4) is 0 Å². The highest BCUT2D eigenvalue weighted by Gasteiger charge is 2.37. The Kier molecular flexibility index (Phi) is 44.4. The number of primary amides is 2. The van der Waals surface area contributed by atoms with Crippen LogP contribution in [0.15, 0.2) is 85.1 Å². The van der Waals surface area contributed by atoms with Gasteiger partial charge in [0.15, 0.2) is 0 Å². The molecular weight excluding hydrogens is 1460 g/mol. The predicted molar refractivity (Wildman–Crippen MR) is 404 cm³/mol. The lowest BCUT2D eigenvalue weighted by Crippen LogP contribution is -2.61. The number of aromatic nitrogens is 1. The molecule has 1 aromatic heterocycles. The lowest BCUT2D eigenvalue weighted by Gasteiger charge is -2.27. The molecule has 1 fully saturated rings. The number of thioether (sulfide) groups is 1. The van der Waals surface area contributed by atoms with E-state index in [1.807, 2.05) is 0 Å². The summed E-state index contributed by atoms with van der Waals surface area (Å²) in [5.41, 5.74) is 12.6. The Bertz CT molecular complexity index is 3720. The van der Waals surface area contributed by atoms with Gasteiger partial charge in [0.25, 0.3) is 0 Å². The number of carbonyl (C=O) groups is 14. The first kappa shape index (κ1) is 94.8. The molecule has 12 amide bonds. The van der Waals surface area contributed by atoms with Gasteiger partial charge in [-0.05, 0) is 112 Å². The number of aliphatic hydroxyl groups excluding tert-OH is 1. The Balaban J connectivity index is 0.00000244. The minimum Gasteiger partial charge on any atom is -0.481 e. The molecule has 109 heavy (non-hydrogen) atoms. The summed E-state index contributed by atoms with van der Waals surface area (Å²) in [5, 5.41) is 63.9. The largest absolute Gasteiger partial charge is 0.481 e. The number of carboxylic acids is 2. The molecule has 1 unspecified atom stereocenters. The van der Waals surface area contributed by atoms with E-state index in [-0.39, 0.29) is 43.4 Å². The van der Waals surface area contributed by atoms with Gasteiger partial charge in [-0.2, -0.15) is 20.2 Å². The Hall–Kier alpha value is -10.3. The molecule has 37 nitrogen and oxygen atoms in total. The maximum atomic E-state index is 14.5. The minimum absolute atomic E-state index is 0.0226. The number of nitrogens with two attached hydrogens (primary N) is 2. The third kappa shape index (κ3) is 37.9. The van der Waals surface area contributed by atoms with Crippen LogP contribution >= 0.6 is 11.8 Å². The van der Waals surface area contributed by atoms with Gasteiger partial charge in [-0.1, -0.05) is 102 Å². The highest BCUT2D eigenvalue weighted by atomic mass is 32.3. The average molecular weight is 1570 g/mol. The second-order valence-corrected chi connectivity index (χ2v) is 26.5. The monoisotopic (exact) mass is 1570 g/mol. The number of nitrogens with one attached hydrogen (secondary N) is 14. The van der Waals surface area contributed by atoms with E-state index in [2.05, 4.69) is 120 Å². The van der Waals surface area contributed by atoms with E-state index < -0.39 is 198 Å². The van der Waals surface area contributed by atoms with Gasteiger partial charge in [0.2, 0.25) is 70.9 Å². The smallest absolute Gasteiger partial charge is 0.446 e. The van der Waals surface area contributed by atoms with Crippen LogP contribution < -0.4 is 84.8 Å². The standard InChI is InChI=1S/C58H73N13O21S2.3C4H11N/c1-29(72)49(71-57(87)40(23-31-12-14-33(15-13-31)92-94(89,90)91)68-56(86)43(26-48(78)79)69-52(82)37(16-18-44(59)73)65-51(81)36-17-19-45(74)63-36)58(88)62-28-46(75)64-41(24-32-27-61-35-11-7-6-10-34(32)35)54(84)66-38(20-21-93-2)53(83)70-42(25-47(76)77)55(85)67-39(50(60)80)22-30-8-4-3-5-9-30;3*1-3-5-4-2/h3-15,27,29,36-43,49,61,72H,16-26,28H2,1-2H3,(H2,59,73)(H2,60,80)(H,62,88)(H,63,74)(H,64,75)(H,65,81)(H,66,84)(H,67,85)(H,68,86)(H,69,82)(H,70,83)(H,71,87)(H,76,77)(H,78,79)(H,89,90,91);3*5H,3-4H2,1-2H3/t29-,36+,37+,38+,39+,40+,41+,42+,43+,49?;;;/m1.../s1. The number of benzene rings is 3. The molecule has 22 N–H and O–H groups in total. The first-order chi connectivity index (χ1) is 51.6. The number of hydrogen-bond acceptors (Lipinski definition) is 22. The van der Waals surface area contributed by atoms with Gasteiger partial charge in [0.1, 0.15) is 60.1 Å². The van der Waals surface area contributed by atoms with E-state index in [0.29, 0.717) is 22.0 Å². The zero-order valence-corrected chi connectivity index (χ0v) is 63.9. The molecule has 0 bridgehead atoms. The fraction of sp³-hybridized carbons (Fsp3) is 0.514. The van der Waals surface area contributed by atoms with Crippen LogP contribution in [-0.2, 0) is 96.8 Å². The normalized spacial score (nSPS) is 14.6. The molecule has 10 atom stereocenters. The number of aromatic amines is 1. The van der Waals surface area contributed by atoms with E-state index in [9.17, 15) is 90.9 Å². The molecular formula is C70H106N16O21S2. The van der Waals surface area contributed by atoms with Crippen LogP contribution in [0.5, 0.6) is 5.75 Å². The van der Waals surface area contributed by atoms with Crippen molar-refractivity contribution in [1.29, 1.82) is 0 Å². The summed E-state index contributed by atoms with van der Waals surface area (Å²) in [6.07, 6.45) is -2.72. The van der Waals surface area contributed by atoms with Gasteiger partial charge in [-0.15, -0.1) is 0 Å². The van der Waals surface area contributed by atoms with Crippen LogP contribution in [0.2, 0.25) is 0 Å². The van der Waals surface area contributed by atoms with Crippen LogP contribution in [0.4, 0.5) is 0 Å². The number of carbonyl (C=O) groups excluding carboxylic acids is 12. The topological polar surface area (TPSA) is 587 Å². The third-order valence-electron chi connectivity index (χ3n) is 15.8. The van der Waals surface area contributed by atoms with Crippen molar-refractivity contribution in [2.24, 2.45) is 11.5 Å². The van der Waals surface area contributed by atoms with Crippen LogP contribution in [0.1, 0.15) is 110 Å². The lowest BCUT2D eigenvalue weighted by atomic mass is 10.0. The number of hydrogen-bond donors (Lipinski definition) is 20. The number of para-hydroxylation sites is 1. The van der Waals surface area contributed by atoms with Crippen LogP contribution in [0, 0.1) is 0 Å². The average Bonchev–Trinajstić information content (AvgIpc) is 1.71. The molecule has 0 aliphatic carbocycles. The number of amides is 12. The second kappa shape index (κ2) is 51.1. The van der Waals surface area contributed by atoms with Crippen molar-refractivity contribution in [3.63, 3.8) is 0 Å². The van der Waals surface area contributed by atoms with Crippen LogP contribution in [-0.4, -0.2) is 234 Å². The quantitative estimate of drug-likeness (QED) is 0.0201. The summed E-state index contributed by atoms with van der Waals surface area (Å²) in [6, 6.07) is 4.78. The van der Waals surface area contributed by atoms with E-state index in [0.717, 1.165) is 58.3 Å². The molecule has 2 heterocycles. The number of fused-ring (bicyclic) bond motifs is 1. The lowest BCUT2D eigenvalue weighted by molar-refractivity contribution is -0.142. The number of rotatable bonds is 44. The summed E-state index contributed by atoms with van der Waals surface area (Å²) < 4.78 is 36.4.